The highest BCUT2D eigenvalue weighted by molar-refractivity contribution is 5.84. The van der Waals surface area contributed by atoms with Gasteiger partial charge < -0.3 is 0 Å². The molecule has 1 nitrogen and oxygen atoms in total. The van der Waals surface area contributed by atoms with Gasteiger partial charge in [0.25, 0.3) is 0 Å². The Balaban J connectivity index is 2.52. The van der Waals surface area contributed by atoms with E-state index in [1.165, 1.54) is 6.20 Å². The highest BCUT2D eigenvalue weighted by atomic mass is 19.4. The lowest BCUT2D eigenvalue weighted by Gasteiger charge is -2.08. The van der Waals surface area contributed by atoms with Crippen molar-refractivity contribution in [1.82, 2.24) is 4.98 Å². The second kappa shape index (κ2) is 3.53. The minimum absolute atomic E-state index is 0.0839. The zero-order valence-electron chi connectivity index (χ0n) is 7.75. The monoisotopic (exact) mass is 211 g/mol. The molecule has 0 aliphatic heterocycles. The van der Waals surface area contributed by atoms with Gasteiger partial charge >= 0.3 is 6.18 Å². The predicted octanol–water partition coefficient (Wildman–Crippen LogP) is 3.34. The van der Waals surface area contributed by atoms with E-state index in [-0.39, 0.29) is 5.69 Å². The third kappa shape index (κ3) is 2.26. The molecule has 0 bridgehead atoms. The van der Waals surface area contributed by atoms with Crippen LogP contribution in [0.3, 0.4) is 0 Å². The van der Waals surface area contributed by atoms with E-state index >= 15 is 0 Å². The van der Waals surface area contributed by atoms with Crippen LogP contribution in [0, 0.1) is 0 Å². The average molecular weight is 211 g/mol. The quantitative estimate of drug-likeness (QED) is 0.704. The summed E-state index contributed by atoms with van der Waals surface area (Å²) in [6.45, 7) is 0. The van der Waals surface area contributed by atoms with Crippen LogP contribution in [0.25, 0.3) is 10.8 Å². The minimum atomic E-state index is -4.21. The third-order valence-electron chi connectivity index (χ3n) is 2.12. The van der Waals surface area contributed by atoms with Crippen LogP contribution < -0.4 is 0 Å². The Bertz CT molecular complexity index is 471. The topological polar surface area (TPSA) is 12.9 Å². The predicted molar refractivity (Wildman–Crippen MR) is 51.5 cm³/mol. The van der Waals surface area contributed by atoms with Crippen LogP contribution in [0.1, 0.15) is 5.69 Å². The Labute approximate surface area is 84.6 Å². The van der Waals surface area contributed by atoms with Gasteiger partial charge in [-0.3, -0.25) is 4.98 Å². The first-order valence-corrected chi connectivity index (χ1v) is 4.46. The lowest BCUT2D eigenvalue weighted by molar-refractivity contribution is -0.127. The molecule has 0 fully saturated rings. The summed E-state index contributed by atoms with van der Waals surface area (Å²) in [5.74, 6) is 0. The molecular weight excluding hydrogens is 203 g/mol. The molecule has 0 radical (unpaired) electrons. The average Bonchev–Trinajstić information content (AvgIpc) is 2.16. The van der Waals surface area contributed by atoms with Crippen molar-refractivity contribution in [3.63, 3.8) is 0 Å². The van der Waals surface area contributed by atoms with E-state index in [9.17, 15) is 13.2 Å². The van der Waals surface area contributed by atoms with Gasteiger partial charge in [-0.2, -0.15) is 13.2 Å². The second-order valence-corrected chi connectivity index (χ2v) is 3.27. The van der Waals surface area contributed by atoms with Crippen molar-refractivity contribution < 1.29 is 13.2 Å². The third-order valence-corrected chi connectivity index (χ3v) is 2.12. The van der Waals surface area contributed by atoms with Gasteiger partial charge in [0.2, 0.25) is 0 Å². The molecule has 2 rings (SSSR count). The van der Waals surface area contributed by atoms with Crippen LogP contribution >= 0.6 is 0 Å². The Kier molecular flexibility index (Phi) is 2.34. The van der Waals surface area contributed by atoms with Crippen molar-refractivity contribution in [3.8, 4) is 0 Å². The van der Waals surface area contributed by atoms with E-state index in [2.05, 4.69) is 4.98 Å². The summed E-state index contributed by atoms with van der Waals surface area (Å²) < 4.78 is 36.7. The fourth-order valence-corrected chi connectivity index (χ4v) is 1.51. The molecule has 0 saturated carbocycles. The van der Waals surface area contributed by atoms with Gasteiger partial charge in [-0.1, -0.05) is 24.3 Å². The van der Waals surface area contributed by atoms with Crippen molar-refractivity contribution in [3.05, 3.63) is 42.2 Å². The van der Waals surface area contributed by atoms with Crippen molar-refractivity contribution in [2.24, 2.45) is 0 Å². The molecule has 0 aliphatic rings. The van der Waals surface area contributed by atoms with Crippen LogP contribution in [-0.2, 0) is 6.42 Å². The van der Waals surface area contributed by atoms with Gasteiger partial charge in [-0.15, -0.1) is 0 Å². The van der Waals surface area contributed by atoms with Crippen LogP contribution in [-0.4, -0.2) is 11.2 Å². The number of rotatable bonds is 1. The summed E-state index contributed by atoms with van der Waals surface area (Å²) >= 11 is 0. The van der Waals surface area contributed by atoms with Gasteiger partial charge in [0.05, 0.1) is 12.1 Å². The Hall–Kier alpha value is -1.58. The lowest BCUT2D eigenvalue weighted by atomic mass is 10.1. The van der Waals surface area contributed by atoms with E-state index in [0.29, 0.717) is 5.39 Å². The van der Waals surface area contributed by atoms with Gasteiger partial charge in [0.1, 0.15) is 0 Å². The number of pyridine rings is 1. The van der Waals surface area contributed by atoms with Crippen LogP contribution in [0.15, 0.2) is 36.5 Å². The van der Waals surface area contributed by atoms with Crippen LogP contribution in [0.2, 0.25) is 0 Å². The molecular formula is C11H8F3N. The van der Waals surface area contributed by atoms with Gasteiger partial charge in [0, 0.05) is 11.6 Å². The fourth-order valence-electron chi connectivity index (χ4n) is 1.51. The van der Waals surface area contributed by atoms with Crippen molar-refractivity contribution in [1.29, 1.82) is 0 Å². The van der Waals surface area contributed by atoms with Crippen molar-refractivity contribution >= 4 is 10.8 Å². The first-order chi connectivity index (χ1) is 7.06. The Morgan fingerprint density at radius 2 is 1.80 bits per heavy atom. The first kappa shape index (κ1) is 9.96. The first-order valence-electron chi connectivity index (χ1n) is 4.46. The molecule has 1 heterocycles. The second-order valence-electron chi connectivity index (χ2n) is 3.27. The van der Waals surface area contributed by atoms with E-state index in [0.717, 1.165) is 5.39 Å². The highest BCUT2D eigenvalue weighted by Gasteiger charge is 2.29. The van der Waals surface area contributed by atoms with Gasteiger partial charge in [0.15, 0.2) is 0 Å². The van der Waals surface area contributed by atoms with E-state index in [1.54, 1.807) is 30.3 Å². The molecule has 2 aromatic rings. The molecule has 0 amide bonds. The highest BCUT2D eigenvalue weighted by Crippen LogP contribution is 2.24. The summed E-state index contributed by atoms with van der Waals surface area (Å²) in [6, 6.07) is 8.64. The van der Waals surface area contributed by atoms with Crippen LogP contribution in [0.4, 0.5) is 13.2 Å². The molecule has 0 unspecified atom stereocenters. The van der Waals surface area contributed by atoms with Gasteiger partial charge in [-0.05, 0) is 11.5 Å². The van der Waals surface area contributed by atoms with E-state index in [1.807, 2.05) is 0 Å². The molecule has 78 valence electrons. The maximum Gasteiger partial charge on any atom is 0.394 e. The van der Waals surface area contributed by atoms with Crippen LogP contribution in [0.5, 0.6) is 0 Å². The number of fused-ring (bicyclic) bond motifs is 1. The molecule has 1 aromatic heterocycles. The summed E-state index contributed by atoms with van der Waals surface area (Å²) in [5.41, 5.74) is 0.0839. The standard InChI is InChI=1S/C11H8F3N/c12-11(13,14)7-10-9-4-2-1-3-8(9)5-6-15-10/h1-6H,7H2. The zero-order chi connectivity index (χ0) is 10.9. The summed E-state index contributed by atoms with van der Waals surface area (Å²) in [5, 5.41) is 1.35. The molecule has 0 N–H and O–H groups in total. The number of alkyl halides is 3. The summed E-state index contributed by atoms with van der Waals surface area (Å²) in [6.07, 6.45) is -3.78. The molecule has 0 aliphatic carbocycles. The molecule has 15 heavy (non-hydrogen) atoms. The summed E-state index contributed by atoms with van der Waals surface area (Å²) in [7, 11) is 0. The van der Waals surface area contributed by atoms with Gasteiger partial charge in [-0.25, -0.2) is 0 Å². The number of nitrogens with zero attached hydrogens (tertiary/aromatic N) is 1. The molecule has 4 heteroatoms. The molecule has 1 aromatic carbocycles. The summed E-state index contributed by atoms with van der Waals surface area (Å²) in [4.78, 5) is 3.77. The Morgan fingerprint density at radius 1 is 1.07 bits per heavy atom. The maximum absolute atomic E-state index is 12.2. The minimum Gasteiger partial charge on any atom is -0.260 e. The maximum atomic E-state index is 12.2. The van der Waals surface area contributed by atoms with Crippen molar-refractivity contribution in [2.75, 3.05) is 0 Å². The van der Waals surface area contributed by atoms with E-state index < -0.39 is 12.6 Å². The number of halogens is 3. The number of benzene rings is 1. The molecule has 0 saturated heterocycles. The SMILES string of the molecule is FC(F)(F)Cc1nccc2ccccc12. The Morgan fingerprint density at radius 3 is 2.53 bits per heavy atom. The zero-order valence-corrected chi connectivity index (χ0v) is 7.75. The smallest absolute Gasteiger partial charge is 0.260 e. The lowest BCUT2D eigenvalue weighted by Crippen LogP contribution is -2.12. The van der Waals surface area contributed by atoms with Crippen molar-refractivity contribution in [2.45, 2.75) is 12.6 Å². The molecule has 0 spiro atoms. The van der Waals surface area contributed by atoms with E-state index in [4.69, 9.17) is 0 Å². The molecule has 0 atom stereocenters. The fraction of sp³-hybridized carbons (Fsp3) is 0.182. The number of hydrogen-bond acceptors (Lipinski definition) is 1. The number of hydrogen-bond donors (Lipinski definition) is 0. The number of aromatic nitrogens is 1. The normalized spacial score (nSPS) is 11.9. The largest absolute Gasteiger partial charge is 0.394 e.